The Labute approximate surface area is 169 Å². The highest BCUT2D eigenvalue weighted by Gasteiger charge is 2.20. The molecule has 0 aliphatic carbocycles. The van der Waals surface area contributed by atoms with Crippen LogP contribution in [0.5, 0.6) is 11.5 Å². The van der Waals surface area contributed by atoms with Crippen molar-refractivity contribution in [2.45, 2.75) is 27.4 Å². The third-order valence-electron chi connectivity index (χ3n) is 4.56. The summed E-state index contributed by atoms with van der Waals surface area (Å²) in [6, 6.07) is 8.90. The van der Waals surface area contributed by atoms with Crippen molar-refractivity contribution in [3.63, 3.8) is 0 Å². The number of hydrogen-bond donors (Lipinski definition) is 2. The summed E-state index contributed by atoms with van der Waals surface area (Å²) in [6.45, 7) is 5.34. The second kappa shape index (κ2) is 8.60. The Morgan fingerprint density at radius 2 is 1.97 bits per heavy atom. The predicted molar refractivity (Wildman–Crippen MR) is 110 cm³/mol. The number of methoxy groups -OCH3 is 1. The van der Waals surface area contributed by atoms with E-state index in [9.17, 15) is 9.59 Å². The first-order chi connectivity index (χ1) is 13.9. The zero-order chi connectivity index (χ0) is 21.0. The van der Waals surface area contributed by atoms with Crippen LogP contribution in [0.4, 0.5) is 5.69 Å². The van der Waals surface area contributed by atoms with Gasteiger partial charge in [-0.05, 0) is 44.5 Å². The van der Waals surface area contributed by atoms with E-state index in [4.69, 9.17) is 9.47 Å². The summed E-state index contributed by atoms with van der Waals surface area (Å²) in [5.74, 6) is 0.642. The molecule has 0 spiro atoms. The van der Waals surface area contributed by atoms with Crippen molar-refractivity contribution in [2.75, 3.05) is 12.4 Å². The molecule has 0 saturated heterocycles. The van der Waals surface area contributed by atoms with Gasteiger partial charge in [-0.3, -0.25) is 14.6 Å². The van der Waals surface area contributed by atoms with Crippen molar-refractivity contribution in [1.29, 1.82) is 0 Å². The second-order valence-electron chi connectivity index (χ2n) is 6.65. The number of amides is 1. The summed E-state index contributed by atoms with van der Waals surface area (Å²) in [5.41, 5.74) is 3.68. The maximum atomic E-state index is 12.7. The lowest BCUT2D eigenvalue weighted by Gasteiger charge is -2.13. The number of aromatic nitrogens is 2. The number of nitrogens with one attached hydrogen (secondary N) is 2. The lowest BCUT2D eigenvalue weighted by atomic mass is 10.1. The van der Waals surface area contributed by atoms with Crippen molar-refractivity contribution in [2.24, 2.45) is 0 Å². The van der Waals surface area contributed by atoms with Crippen LogP contribution in [0, 0.1) is 13.8 Å². The molecule has 3 rings (SSSR count). The van der Waals surface area contributed by atoms with Gasteiger partial charge in [0.2, 0.25) is 0 Å². The number of Topliss-reactive ketones (excluding diaryl/α,β-unsaturated/α-hetero) is 1. The Kier molecular flexibility index (Phi) is 5.97. The van der Waals surface area contributed by atoms with Crippen molar-refractivity contribution < 1.29 is 19.1 Å². The van der Waals surface area contributed by atoms with E-state index in [0.717, 1.165) is 5.56 Å². The number of ether oxygens (including phenoxy) is 2. The van der Waals surface area contributed by atoms with Crippen molar-refractivity contribution in [1.82, 2.24) is 9.97 Å². The van der Waals surface area contributed by atoms with Gasteiger partial charge >= 0.3 is 0 Å². The molecule has 7 nitrogen and oxygen atoms in total. The molecule has 2 aromatic heterocycles. The second-order valence-corrected chi connectivity index (χ2v) is 6.65. The van der Waals surface area contributed by atoms with E-state index in [1.54, 1.807) is 51.6 Å². The van der Waals surface area contributed by atoms with Gasteiger partial charge in [-0.25, -0.2) is 0 Å². The monoisotopic (exact) mass is 393 g/mol. The number of benzene rings is 1. The number of pyridine rings is 1. The predicted octanol–water partition coefficient (Wildman–Crippen LogP) is 4.07. The van der Waals surface area contributed by atoms with Crippen LogP contribution in [-0.4, -0.2) is 28.8 Å². The van der Waals surface area contributed by atoms with Crippen LogP contribution >= 0.6 is 0 Å². The van der Waals surface area contributed by atoms with Crippen LogP contribution in [0.25, 0.3) is 0 Å². The number of carbonyl (C=O) groups excluding carboxylic acids is 2. The fraction of sp³-hybridized carbons (Fsp3) is 0.227. The molecule has 0 aliphatic heterocycles. The van der Waals surface area contributed by atoms with E-state index in [0.29, 0.717) is 46.3 Å². The lowest BCUT2D eigenvalue weighted by molar-refractivity contribution is 0.101. The number of rotatable bonds is 7. The number of aromatic amines is 1. The number of nitrogens with zero attached hydrogens (tertiary/aromatic N) is 1. The molecule has 0 bridgehead atoms. The first kappa shape index (κ1) is 20.1. The van der Waals surface area contributed by atoms with Crippen LogP contribution in [0.2, 0.25) is 0 Å². The van der Waals surface area contributed by atoms with Crippen LogP contribution < -0.4 is 14.8 Å². The molecular weight excluding hydrogens is 370 g/mol. The molecule has 0 unspecified atom stereocenters. The zero-order valence-electron chi connectivity index (χ0n) is 16.8. The van der Waals surface area contributed by atoms with Crippen molar-refractivity contribution in [3.05, 3.63) is 70.8 Å². The van der Waals surface area contributed by atoms with Gasteiger partial charge in [0.05, 0.1) is 7.11 Å². The van der Waals surface area contributed by atoms with E-state index in [2.05, 4.69) is 15.3 Å². The number of aryl methyl sites for hydroxylation is 1. The Hall–Kier alpha value is -3.61. The standard InChI is InChI=1S/C22H23N3O4/c1-13-20(15(3)26)14(2)24-21(13)22(27)25-17-7-8-18(28-4)19(10-17)29-12-16-6-5-9-23-11-16/h5-11,24H,12H2,1-4H3,(H,25,27). The molecule has 1 amide bonds. The minimum atomic E-state index is -0.332. The van der Waals surface area contributed by atoms with Gasteiger partial charge in [-0.2, -0.15) is 0 Å². The molecule has 0 aliphatic rings. The number of carbonyl (C=O) groups is 2. The summed E-state index contributed by atoms with van der Waals surface area (Å²) in [5, 5.41) is 2.84. The minimum Gasteiger partial charge on any atom is -0.493 e. The Bertz CT molecular complexity index is 1040. The maximum absolute atomic E-state index is 12.7. The van der Waals surface area contributed by atoms with Crippen molar-refractivity contribution >= 4 is 17.4 Å². The van der Waals surface area contributed by atoms with E-state index >= 15 is 0 Å². The van der Waals surface area contributed by atoms with Gasteiger partial charge in [0.25, 0.3) is 5.91 Å². The van der Waals surface area contributed by atoms with E-state index in [1.165, 1.54) is 6.92 Å². The molecule has 0 saturated carbocycles. The molecule has 2 heterocycles. The van der Waals surface area contributed by atoms with E-state index in [-0.39, 0.29) is 11.7 Å². The molecular formula is C22H23N3O4. The number of ketones is 1. The highest BCUT2D eigenvalue weighted by molar-refractivity contribution is 6.07. The third-order valence-corrected chi connectivity index (χ3v) is 4.56. The Balaban J connectivity index is 1.80. The summed E-state index contributed by atoms with van der Waals surface area (Å²) >= 11 is 0. The van der Waals surface area contributed by atoms with Crippen LogP contribution in [-0.2, 0) is 6.61 Å². The molecule has 1 aromatic carbocycles. The van der Waals surface area contributed by atoms with Gasteiger partial charge < -0.3 is 19.8 Å². The molecule has 29 heavy (non-hydrogen) atoms. The number of hydrogen-bond acceptors (Lipinski definition) is 5. The quantitative estimate of drug-likeness (QED) is 0.590. The molecule has 7 heteroatoms. The van der Waals surface area contributed by atoms with Gasteiger partial charge in [0.1, 0.15) is 12.3 Å². The van der Waals surface area contributed by atoms with Gasteiger partial charge in [-0.15, -0.1) is 0 Å². The maximum Gasteiger partial charge on any atom is 0.272 e. The molecule has 0 fully saturated rings. The van der Waals surface area contributed by atoms with E-state index in [1.807, 2.05) is 12.1 Å². The molecule has 0 radical (unpaired) electrons. The largest absolute Gasteiger partial charge is 0.493 e. The first-order valence-corrected chi connectivity index (χ1v) is 9.12. The zero-order valence-corrected chi connectivity index (χ0v) is 16.8. The molecule has 150 valence electrons. The van der Waals surface area contributed by atoms with Gasteiger partial charge in [0, 0.05) is 41.0 Å². The summed E-state index contributed by atoms with van der Waals surface area (Å²) < 4.78 is 11.2. The normalized spacial score (nSPS) is 10.5. The highest BCUT2D eigenvalue weighted by atomic mass is 16.5. The van der Waals surface area contributed by atoms with Crippen LogP contribution in [0.3, 0.4) is 0 Å². The SMILES string of the molecule is COc1ccc(NC(=O)c2[nH]c(C)c(C(C)=O)c2C)cc1OCc1cccnc1. The Morgan fingerprint density at radius 3 is 2.59 bits per heavy atom. The summed E-state index contributed by atoms with van der Waals surface area (Å²) in [6.07, 6.45) is 3.42. The smallest absolute Gasteiger partial charge is 0.272 e. The first-order valence-electron chi connectivity index (χ1n) is 9.12. The number of anilines is 1. The number of H-pyrrole nitrogens is 1. The molecule has 2 N–H and O–H groups in total. The van der Waals surface area contributed by atoms with Crippen LogP contribution in [0.15, 0.2) is 42.7 Å². The lowest BCUT2D eigenvalue weighted by Crippen LogP contribution is -2.14. The third kappa shape index (κ3) is 4.45. The fourth-order valence-electron chi connectivity index (χ4n) is 3.21. The summed E-state index contributed by atoms with van der Waals surface area (Å²) in [4.78, 5) is 31.6. The summed E-state index contributed by atoms with van der Waals surface area (Å²) in [7, 11) is 1.55. The molecule has 0 atom stereocenters. The van der Waals surface area contributed by atoms with Crippen molar-refractivity contribution in [3.8, 4) is 11.5 Å². The van der Waals surface area contributed by atoms with E-state index < -0.39 is 0 Å². The van der Waals surface area contributed by atoms with Gasteiger partial charge in [-0.1, -0.05) is 6.07 Å². The Morgan fingerprint density at radius 1 is 1.17 bits per heavy atom. The fourth-order valence-corrected chi connectivity index (χ4v) is 3.21. The molecule has 3 aromatic rings. The average molecular weight is 393 g/mol. The minimum absolute atomic E-state index is 0.0779. The van der Waals surface area contributed by atoms with Gasteiger partial charge in [0.15, 0.2) is 17.3 Å². The van der Waals surface area contributed by atoms with Crippen LogP contribution in [0.1, 0.15) is 44.6 Å². The highest BCUT2D eigenvalue weighted by Crippen LogP contribution is 2.31. The average Bonchev–Trinajstić information content (AvgIpc) is 3.01. The topological polar surface area (TPSA) is 93.3 Å².